The Bertz CT molecular complexity index is 613. The molecule has 0 amide bonds. The summed E-state index contributed by atoms with van der Waals surface area (Å²) in [6, 6.07) is 1.01. The molecule has 1 heterocycles. The molecule has 5 nitrogen and oxygen atoms in total. The fourth-order valence-electron chi connectivity index (χ4n) is 1.63. The van der Waals surface area contributed by atoms with E-state index in [0.29, 0.717) is 5.56 Å². The van der Waals surface area contributed by atoms with Crippen LogP contribution < -0.4 is 10.5 Å². The van der Waals surface area contributed by atoms with Gasteiger partial charge in [-0.2, -0.15) is 5.10 Å². The third kappa shape index (κ3) is 1.74. The summed E-state index contributed by atoms with van der Waals surface area (Å²) in [5.74, 6) is -0.733. The Kier molecular flexibility index (Phi) is 3.04. The van der Waals surface area contributed by atoms with Crippen LogP contribution in [0.25, 0.3) is 11.1 Å². The third-order valence-corrected chi connectivity index (χ3v) is 3.00. The smallest absolute Gasteiger partial charge is 0.167 e. The summed E-state index contributed by atoms with van der Waals surface area (Å²) in [4.78, 5) is 0. The van der Waals surface area contributed by atoms with Crippen molar-refractivity contribution in [1.82, 2.24) is 9.78 Å². The quantitative estimate of drug-likeness (QED) is 0.878. The van der Waals surface area contributed by atoms with Gasteiger partial charge in [-0.1, -0.05) is 11.6 Å². The molecule has 0 saturated carbocycles. The lowest BCUT2D eigenvalue weighted by atomic mass is 10.1. The molecule has 0 aliphatic carbocycles. The minimum Gasteiger partial charge on any atom is -0.504 e. The normalized spacial score (nSPS) is 10.7. The molecular weight excluding hydrogens is 261 g/mol. The van der Waals surface area contributed by atoms with E-state index in [9.17, 15) is 9.50 Å². The van der Waals surface area contributed by atoms with E-state index in [1.807, 2.05) is 0 Å². The van der Waals surface area contributed by atoms with Crippen molar-refractivity contribution < 1.29 is 14.2 Å². The van der Waals surface area contributed by atoms with Crippen molar-refractivity contribution in [3.63, 3.8) is 0 Å². The van der Waals surface area contributed by atoms with Gasteiger partial charge in [0.1, 0.15) is 11.6 Å². The number of ether oxygens (including phenoxy) is 1. The first-order valence-corrected chi connectivity index (χ1v) is 5.38. The first-order chi connectivity index (χ1) is 8.47. The number of aryl methyl sites for hydroxylation is 1. The van der Waals surface area contributed by atoms with Crippen molar-refractivity contribution in [2.45, 2.75) is 0 Å². The second kappa shape index (κ2) is 4.38. The standard InChI is InChI=1S/C11H11ClFN3O2/c1-16-11(14)5(4-15-16)8-9(12)6(13)3-7(18-2)10(8)17/h3-4,17H,14H2,1-2H3. The molecule has 1 aromatic carbocycles. The molecule has 0 saturated heterocycles. The molecular formula is C11H11ClFN3O2. The predicted octanol–water partition coefficient (Wildman–Crippen LogP) is 2.18. The molecule has 7 heteroatoms. The number of hydrogen-bond donors (Lipinski definition) is 2. The van der Waals surface area contributed by atoms with E-state index in [-0.39, 0.29) is 27.9 Å². The second-order valence-electron chi connectivity index (χ2n) is 3.67. The largest absolute Gasteiger partial charge is 0.504 e. The van der Waals surface area contributed by atoms with Gasteiger partial charge < -0.3 is 15.6 Å². The Labute approximate surface area is 108 Å². The highest BCUT2D eigenvalue weighted by Crippen LogP contribution is 2.45. The van der Waals surface area contributed by atoms with Crippen molar-refractivity contribution >= 4 is 17.4 Å². The fraction of sp³-hybridized carbons (Fsp3) is 0.182. The summed E-state index contributed by atoms with van der Waals surface area (Å²) >= 11 is 5.86. The van der Waals surface area contributed by atoms with Gasteiger partial charge >= 0.3 is 0 Å². The maximum atomic E-state index is 13.6. The zero-order chi connectivity index (χ0) is 13.4. The highest BCUT2D eigenvalue weighted by Gasteiger charge is 2.22. The van der Waals surface area contributed by atoms with Crippen LogP contribution in [0, 0.1) is 5.82 Å². The Morgan fingerprint density at radius 1 is 1.56 bits per heavy atom. The van der Waals surface area contributed by atoms with Gasteiger partial charge in [-0.3, -0.25) is 4.68 Å². The van der Waals surface area contributed by atoms with Crippen LogP contribution in [0.5, 0.6) is 11.5 Å². The molecule has 0 radical (unpaired) electrons. The molecule has 0 fully saturated rings. The Morgan fingerprint density at radius 2 is 2.22 bits per heavy atom. The maximum absolute atomic E-state index is 13.6. The van der Waals surface area contributed by atoms with Crippen LogP contribution >= 0.6 is 11.6 Å². The number of phenols is 1. The number of nitrogen functional groups attached to an aromatic ring is 1. The fourth-order valence-corrected chi connectivity index (χ4v) is 1.88. The maximum Gasteiger partial charge on any atom is 0.167 e. The first kappa shape index (κ1) is 12.5. The molecule has 18 heavy (non-hydrogen) atoms. The second-order valence-corrected chi connectivity index (χ2v) is 4.04. The van der Waals surface area contributed by atoms with Gasteiger partial charge in [-0.25, -0.2) is 4.39 Å². The number of rotatable bonds is 2. The topological polar surface area (TPSA) is 73.3 Å². The van der Waals surface area contributed by atoms with Gasteiger partial charge in [0, 0.05) is 18.7 Å². The molecule has 2 rings (SSSR count). The SMILES string of the molecule is COc1cc(F)c(Cl)c(-c2cnn(C)c2N)c1O. The van der Waals surface area contributed by atoms with E-state index in [1.54, 1.807) is 7.05 Å². The summed E-state index contributed by atoms with van der Waals surface area (Å²) < 4.78 is 19.9. The number of methoxy groups -OCH3 is 1. The molecule has 96 valence electrons. The van der Waals surface area contributed by atoms with E-state index in [4.69, 9.17) is 22.1 Å². The zero-order valence-electron chi connectivity index (χ0n) is 9.74. The van der Waals surface area contributed by atoms with Crippen LogP contribution in [0.15, 0.2) is 12.3 Å². The lowest BCUT2D eigenvalue weighted by molar-refractivity contribution is 0.371. The molecule has 1 aromatic heterocycles. The van der Waals surface area contributed by atoms with Crippen LogP contribution in [0.1, 0.15) is 0 Å². The van der Waals surface area contributed by atoms with Crippen molar-refractivity contribution in [3.05, 3.63) is 23.1 Å². The highest BCUT2D eigenvalue weighted by atomic mass is 35.5. The number of phenolic OH excluding ortho intramolecular Hbond substituents is 1. The van der Waals surface area contributed by atoms with Crippen molar-refractivity contribution in [2.75, 3.05) is 12.8 Å². The molecule has 0 unspecified atom stereocenters. The van der Waals surface area contributed by atoms with Gasteiger partial charge in [0.2, 0.25) is 0 Å². The Hall–Kier alpha value is -1.95. The molecule has 0 atom stereocenters. The Balaban J connectivity index is 2.78. The summed E-state index contributed by atoms with van der Waals surface area (Å²) in [7, 11) is 2.94. The molecule has 2 aromatic rings. The lowest BCUT2D eigenvalue weighted by Gasteiger charge is -2.11. The van der Waals surface area contributed by atoms with Crippen LogP contribution in [-0.4, -0.2) is 22.0 Å². The molecule has 0 bridgehead atoms. The Morgan fingerprint density at radius 3 is 2.72 bits per heavy atom. The van der Waals surface area contributed by atoms with Gasteiger partial charge in [0.15, 0.2) is 11.5 Å². The highest BCUT2D eigenvalue weighted by molar-refractivity contribution is 6.34. The monoisotopic (exact) mass is 271 g/mol. The van der Waals surface area contributed by atoms with Gasteiger partial charge in [-0.05, 0) is 0 Å². The number of nitrogens with zero attached hydrogens (tertiary/aromatic N) is 2. The number of nitrogens with two attached hydrogens (primary N) is 1. The average Bonchev–Trinajstić information content (AvgIpc) is 2.66. The summed E-state index contributed by atoms with van der Waals surface area (Å²) in [6.07, 6.45) is 1.40. The number of benzene rings is 1. The number of hydrogen-bond acceptors (Lipinski definition) is 4. The van der Waals surface area contributed by atoms with Crippen LogP contribution in [-0.2, 0) is 7.05 Å². The number of anilines is 1. The number of aromatic hydroxyl groups is 1. The van der Waals surface area contributed by atoms with E-state index in [2.05, 4.69) is 5.10 Å². The van der Waals surface area contributed by atoms with Crippen molar-refractivity contribution in [3.8, 4) is 22.6 Å². The lowest BCUT2D eigenvalue weighted by Crippen LogP contribution is -1.99. The van der Waals surface area contributed by atoms with E-state index >= 15 is 0 Å². The van der Waals surface area contributed by atoms with Gasteiger partial charge in [0.05, 0.1) is 23.9 Å². The van der Waals surface area contributed by atoms with Crippen LogP contribution in [0.4, 0.5) is 10.2 Å². The minimum atomic E-state index is -0.704. The van der Waals surface area contributed by atoms with Gasteiger partial charge in [0.25, 0.3) is 0 Å². The minimum absolute atomic E-state index is 0.0184. The summed E-state index contributed by atoms with van der Waals surface area (Å²) in [6.45, 7) is 0. The molecule has 0 aliphatic heterocycles. The van der Waals surface area contributed by atoms with E-state index < -0.39 is 5.82 Å². The van der Waals surface area contributed by atoms with Crippen LogP contribution in [0.3, 0.4) is 0 Å². The third-order valence-electron chi connectivity index (χ3n) is 2.63. The number of halogens is 2. The van der Waals surface area contributed by atoms with Crippen molar-refractivity contribution in [2.24, 2.45) is 7.05 Å². The summed E-state index contributed by atoms with van der Waals surface area (Å²) in [5, 5.41) is 13.7. The zero-order valence-corrected chi connectivity index (χ0v) is 10.5. The number of aromatic nitrogens is 2. The van der Waals surface area contributed by atoms with Crippen molar-refractivity contribution in [1.29, 1.82) is 0 Å². The predicted molar refractivity (Wildman–Crippen MR) is 66.2 cm³/mol. The first-order valence-electron chi connectivity index (χ1n) is 5.00. The molecule has 0 aliphatic rings. The van der Waals surface area contributed by atoms with Gasteiger partial charge in [-0.15, -0.1) is 0 Å². The van der Waals surface area contributed by atoms with E-state index in [0.717, 1.165) is 6.07 Å². The summed E-state index contributed by atoms with van der Waals surface area (Å²) in [5.41, 5.74) is 6.20. The van der Waals surface area contributed by atoms with Crippen LogP contribution in [0.2, 0.25) is 5.02 Å². The molecule has 3 N–H and O–H groups in total. The van der Waals surface area contributed by atoms with E-state index in [1.165, 1.54) is 18.0 Å². The average molecular weight is 272 g/mol. The molecule has 0 spiro atoms.